The minimum absolute atomic E-state index is 0.0750. The molecular weight excluding hydrogens is 168 g/mol. The Labute approximate surface area is 77.0 Å². The first-order chi connectivity index (χ1) is 6.34. The standard InChI is InChI=1S/C9H12N2O2/c1-2-13-7-4-8(12)9-10-5-3-6-11-9/h3,5-6H,2,4,7H2,1H3. The van der Waals surface area contributed by atoms with Gasteiger partial charge in [-0.2, -0.15) is 0 Å². The quantitative estimate of drug-likeness (QED) is 0.502. The molecule has 1 heterocycles. The molecule has 0 fully saturated rings. The van der Waals surface area contributed by atoms with Gasteiger partial charge < -0.3 is 4.74 Å². The van der Waals surface area contributed by atoms with Crippen molar-refractivity contribution >= 4 is 5.78 Å². The van der Waals surface area contributed by atoms with Crippen LogP contribution in [0, 0.1) is 0 Å². The van der Waals surface area contributed by atoms with E-state index in [0.717, 1.165) is 0 Å². The van der Waals surface area contributed by atoms with Crippen LogP contribution >= 0.6 is 0 Å². The van der Waals surface area contributed by atoms with Crippen molar-refractivity contribution in [1.82, 2.24) is 9.97 Å². The van der Waals surface area contributed by atoms with Crippen molar-refractivity contribution in [2.45, 2.75) is 13.3 Å². The molecule has 13 heavy (non-hydrogen) atoms. The van der Waals surface area contributed by atoms with Crippen LogP contribution < -0.4 is 0 Å². The molecule has 0 aromatic carbocycles. The zero-order valence-electron chi connectivity index (χ0n) is 7.56. The topological polar surface area (TPSA) is 52.1 Å². The monoisotopic (exact) mass is 180 g/mol. The number of ketones is 1. The molecule has 4 nitrogen and oxygen atoms in total. The molecule has 0 aliphatic rings. The second-order valence-corrected chi connectivity index (χ2v) is 2.44. The SMILES string of the molecule is CCOCCC(=O)c1ncccn1. The second kappa shape index (κ2) is 5.37. The van der Waals surface area contributed by atoms with Crippen molar-refractivity contribution in [3.05, 3.63) is 24.3 Å². The van der Waals surface area contributed by atoms with Crippen LogP contribution in [0.1, 0.15) is 24.0 Å². The van der Waals surface area contributed by atoms with Gasteiger partial charge in [-0.3, -0.25) is 4.79 Å². The molecule has 0 saturated carbocycles. The normalized spacial score (nSPS) is 9.92. The number of aromatic nitrogens is 2. The lowest BCUT2D eigenvalue weighted by Gasteiger charge is -1.98. The molecule has 0 saturated heterocycles. The molecule has 4 heteroatoms. The predicted octanol–water partition coefficient (Wildman–Crippen LogP) is 1.09. The van der Waals surface area contributed by atoms with Crippen molar-refractivity contribution in [3.63, 3.8) is 0 Å². The highest BCUT2D eigenvalue weighted by atomic mass is 16.5. The summed E-state index contributed by atoms with van der Waals surface area (Å²) in [6.45, 7) is 2.96. The Bertz CT molecular complexity index is 262. The lowest BCUT2D eigenvalue weighted by atomic mass is 10.3. The first-order valence-corrected chi connectivity index (χ1v) is 4.22. The van der Waals surface area contributed by atoms with Gasteiger partial charge in [0.25, 0.3) is 0 Å². The van der Waals surface area contributed by atoms with E-state index in [-0.39, 0.29) is 11.6 Å². The van der Waals surface area contributed by atoms with E-state index in [1.807, 2.05) is 6.92 Å². The summed E-state index contributed by atoms with van der Waals surface area (Å²) in [6, 6.07) is 1.68. The van der Waals surface area contributed by atoms with E-state index in [2.05, 4.69) is 9.97 Å². The number of Topliss-reactive ketones (excluding diaryl/α,β-unsaturated/α-hetero) is 1. The summed E-state index contributed by atoms with van der Waals surface area (Å²) in [6.07, 6.45) is 3.46. The van der Waals surface area contributed by atoms with E-state index in [0.29, 0.717) is 19.6 Å². The van der Waals surface area contributed by atoms with Crippen molar-refractivity contribution in [2.24, 2.45) is 0 Å². The smallest absolute Gasteiger partial charge is 0.202 e. The molecule has 0 amide bonds. The average Bonchev–Trinajstić information content (AvgIpc) is 2.19. The molecule has 0 bridgehead atoms. The second-order valence-electron chi connectivity index (χ2n) is 2.44. The summed E-state index contributed by atoms with van der Waals surface area (Å²) in [5.74, 6) is 0.191. The minimum atomic E-state index is -0.0750. The van der Waals surface area contributed by atoms with Crippen LogP contribution in [0.2, 0.25) is 0 Å². The van der Waals surface area contributed by atoms with Gasteiger partial charge >= 0.3 is 0 Å². The van der Waals surface area contributed by atoms with E-state index < -0.39 is 0 Å². The van der Waals surface area contributed by atoms with Gasteiger partial charge in [-0.05, 0) is 13.0 Å². The number of hydrogen-bond donors (Lipinski definition) is 0. The van der Waals surface area contributed by atoms with Gasteiger partial charge in [0.1, 0.15) is 0 Å². The minimum Gasteiger partial charge on any atom is -0.381 e. The fraction of sp³-hybridized carbons (Fsp3) is 0.444. The van der Waals surface area contributed by atoms with Gasteiger partial charge in [-0.1, -0.05) is 0 Å². The van der Waals surface area contributed by atoms with Gasteiger partial charge in [0.05, 0.1) is 6.61 Å². The number of ether oxygens (including phenoxy) is 1. The number of rotatable bonds is 5. The average molecular weight is 180 g/mol. The van der Waals surface area contributed by atoms with Gasteiger partial charge in [-0.15, -0.1) is 0 Å². The molecule has 1 rings (SSSR count). The Kier molecular flexibility index (Phi) is 4.05. The maximum Gasteiger partial charge on any atom is 0.202 e. The van der Waals surface area contributed by atoms with E-state index in [4.69, 9.17) is 4.74 Å². The van der Waals surface area contributed by atoms with Gasteiger partial charge in [0.2, 0.25) is 5.78 Å². The Morgan fingerprint density at radius 2 is 2.15 bits per heavy atom. The summed E-state index contributed by atoms with van der Waals surface area (Å²) in [5, 5.41) is 0. The summed E-state index contributed by atoms with van der Waals surface area (Å²) in [7, 11) is 0. The third-order valence-corrected chi connectivity index (χ3v) is 1.49. The largest absolute Gasteiger partial charge is 0.381 e. The van der Waals surface area contributed by atoms with Crippen LogP contribution in [0.4, 0.5) is 0 Å². The molecular formula is C9H12N2O2. The van der Waals surface area contributed by atoms with Gasteiger partial charge in [-0.25, -0.2) is 9.97 Å². The van der Waals surface area contributed by atoms with E-state index in [9.17, 15) is 4.79 Å². The van der Waals surface area contributed by atoms with E-state index >= 15 is 0 Å². The molecule has 0 aliphatic carbocycles. The molecule has 0 aliphatic heterocycles. The van der Waals surface area contributed by atoms with Crippen LogP contribution in [0.25, 0.3) is 0 Å². The van der Waals surface area contributed by atoms with Crippen LogP contribution in [0.3, 0.4) is 0 Å². The van der Waals surface area contributed by atoms with E-state index in [1.54, 1.807) is 18.5 Å². The highest BCUT2D eigenvalue weighted by Gasteiger charge is 2.06. The molecule has 70 valence electrons. The molecule has 0 atom stereocenters. The molecule has 0 radical (unpaired) electrons. The maximum absolute atomic E-state index is 11.3. The molecule has 0 unspecified atom stereocenters. The highest BCUT2D eigenvalue weighted by molar-refractivity contribution is 5.92. The third-order valence-electron chi connectivity index (χ3n) is 1.49. The number of carbonyl (C=O) groups is 1. The van der Waals surface area contributed by atoms with Crippen LogP contribution in [0.5, 0.6) is 0 Å². The summed E-state index contributed by atoms with van der Waals surface area (Å²) >= 11 is 0. The first-order valence-electron chi connectivity index (χ1n) is 4.22. The van der Waals surface area contributed by atoms with Crippen LogP contribution in [0.15, 0.2) is 18.5 Å². The Balaban J connectivity index is 2.40. The number of hydrogen-bond acceptors (Lipinski definition) is 4. The molecule has 0 spiro atoms. The Morgan fingerprint density at radius 3 is 2.77 bits per heavy atom. The highest BCUT2D eigenvalue weighted by Crippen LogP contribution is 1.95. The van der Waals surface area contributed by atoms with Crippen LogP contribution in [-0.2, 0) is 4.74 Å². The van der Waals surface area contributed by atoms with Crippen LogP contribution in [-0.4, -0.2) is 29.0 Å². The third kappa shape index (κ3) is 3.29. The van der Waals surface area contributed by atoms with Crippen molar-refractivity contribution < 1.29 is 9.53 Å². The maximum atomic E-state index is 11.3. The predicted molar refractivity (Wildman–Crippen MR) is 47.5 cm³/mol. The Morgan fingerprint density at radius 1 is 1.46 bits per heavy atom. The van der Waals surface area contributed by atoms with Crippen molar-refractivity contribution in [3.8, 4) is 0 Å². The molecule has 0 N–H and O–H groups in total. The summed E-state index contributed by atoms with van der Waals surface area (Å²) < 4.78 is 5.05. The lowest BCUT2D eigenvalue weighted by molar-refractivity contribution is 0.0886. The molecule has 1 aromatic rings. The van der Waals surface area contributed by atoms with E-state index in [1.165, 1.54) is 0 Å². The first kappa shape index (κ1) is 9.80. The number of nitrogens with zero attached hydrogens (tertiary/aromatic N) is 2. The van der Waals surface area contributed by atoms with Crippen molar-refractivity contribution in [2.75, 3.05) is 13.2 Å². The number of carbonyl (C=O) groups excluding carboxylic acids is 1. The zero-order chi connectivity index (χ0) is 9.52. The lowest BCUT2D eigenvalue weighted by Crippen LogP contribution is -2.08. The summed E-state index contributed by atoms with van der Waals surface area (Å²) in [5.41, 5.74) is 0. The van der Waals surface area contributed by atoms with Gasteiger partial charge in [0, 0.05) is 25.4 Å². The summed E-state index contributed by atoms with van der Waals surface area (Å²) in [4.78, 5) is 19.0. The zero-order valence-corrected chi connectivity index (χ0v) is 7.56. The van der Waals surface area contributed by atoms with Gasteiger partial charge in [0.15, 0.2) is 5.82 Å². The molecule has 1 aromatic heterocycles. The fourth-order valence-electron chi connectivity index (χ4n) is 0.864. The Hall–Kier alpha value is -1.29. The fourth-order valence-corrected chi connectivity index (χ4v) is 0.864. The van der Waals surface area contributed by atoms with Crippen molar-refractivity contribution in [1.29, 1.82) is 0 Å².